The second kappa shape index (κ2) is 2.29. The molecule has 1 saturated carbocycles. The molecule has 3 nitrogen and oxygen atoms in total. The van der Waals surface area contributed by atoms with Gasteiger partial charge in [-0.3, -0.25) is 0 Å². The highest BCUT2D eigenvalue weighted by Crippen LogP contribution is 2.41. The van der Waals surface area contributed by atoms with Crippen LogP contribution in [0.25, 0.3) is 0 Å². The molecule has 11 heavy (non-hydrogen) atoms. The van der Waals surface area contributed by atoms with Crippen molar-refractivity contribution in [1.82, 2.24) is 14.8 Å². The molecule has 1 aliphatic carbocycles. The first-order valence-electron chi connectivity index (χ1n) is 3.60. The molecule has 1 aromatic heterocycles. The van der Waals surface area contributed by atoms with E-state index in [1.807, 2.05) is 6.42 Å². The summed E-state index contributed by atoms with van der Waals surface area (Å²) in [7, 11) is 1.75. The molecular formula is C7H9FN3. The summed E-state index contributed by atoms with van der Waals surface area (Å²) in [5.74, 6) is 0.515. The first-order chi connectivity index (χ1) is 5.29. The molecule has 0 unspecified atom stereocenters. The molecule has 2 atom stereocenters. The lowest BCUT2D eigenvalue weighted by molar-refractivity contribution is 0.290. The van der Waals surface area contributed by atoms with E-state index in [9.17, 15) is 4.39 Å². The van der Waals surface area contributed by atoms with Gasteiger partial charge in [-0.25, -0.2) is 4.39 Å². The minimum absolute atomic E-state index is 0.0814. The number of halogens is 1. The molecule has 1 aliphatic rings. The van der Waals surface area contributed by atoms with Crippen LogP contribution in [-0.2, 0) is 7.05 Å². The lowest BCUT2D eigenvalue weighted by atomic mass is 10.2. The van der Waals surface area contributed by atoms with Crippen molar-refractivity contribution in [2.45, 2.75) is 12.6 Å². The summed E-state index contributed by atoms with van der Waals surface area (Å²) in [6, 6.07) is 0. The number of nitrogens with zero attached hydrogens (tertiary/aromatic N) is 3. The maximum atomic E-state index is 13.3. The second-order valence-corrected chi connectivity index (χ2v) is 2.84. The summed E-state index contributed by atoms with van der Waals surface area (Å²) in [4.78, 5) is 0. The SMILES string of the molecule is Cn1cnnc1[C@H](F)[C@@H]1[CH]C1. The van der Waals surface area contributed by atoms with Crippen LogP contribution in [0.1, 0.15) is 18.4 Å². The maximum absolute atomic E-state index is 13.3. The van der Waals surface area contributed by atoms with E-state index in [4.69, 9.17) is 0 Å². The van der Waals surface area contributed by atoms with Gasteiger partial charge in [-0.1, -0.05) is 0 Å². The summed E-state index contributed by atoms with van der Waals surface area (Å²) < 4.78 is 14.9. The zero-order valence-electron chi connectivity index (χ0n) is 6.24. The Morgan fingerprint density at radius 1 is 1.82 bits per heavy atom. The third kappa shape index (κ3) is 1.13. The predicted octanol–water partition coefficient (Wildman–Crippen LogP) is 1.05. The van der Waals surface area contributed by atoms with Gasteiger partial charge in [-0.15, -0.1) is 10.2 Å². The Morgan fingerprint density at radius 2 is 2.55 bits per heavy atom. The smallest absolute Gasteiger partial charge is 0.167 e. The van der Waals surface area contributed by atoms with E-state index in [1.54, 1.807) is 11.6 Å². The van der Waals surface area contributed by atoms with Crippen LogP contribution in [0.5, 0.6) is 0 Å². The van der Waals surface area contributed by atoms with Gasteiger partial charge in [-0.2, -0.15) is 0 Å². The Bertz CT molecular complexity index is 254. The van der Waals surface area contributed by atoms with Crippen molar-refractivity contribution < 1.29 is 4.39 Å². The van der Waals surface area contributed by atoms with E-state index in [-0.39, 0.29) is 5.92 Å². The number of alkyl halides is 1. The van der Waals surface area contributed by atoms with Gasteiger partial charge < -0.3 is 4.57 Å². The Balaban J connectivity index is 2.20. The quantitative estimate of drug-likeness (QED) is 0.637. The average Bonchev–Trinajstić information content (AvgIpc) is 2.74. The highest BCUT2D eigenvalue weighted by atomic mass is 19.1. The van der Waals surface area contributed by atoms with E-state index in [0.717, 1.165) is 6.42 Å². The van der Waals surface area contributed by atoms with E-state index >= 15 is 0 Å². The number of aryl methyl sites for hydroxylation is 1. The van der Waals surface area contributed by atoms with Crippen LogP contribution in [0, 0.1) is 12.3 Å². The van der Waals surface area contributed by atoms with E-state index in [1.165, 1.54) is 6.33 Å². The summed E-state index contributed by atoms with van der Waals surface area (Å²) in [6.07, 6.45) is 3.38. The van der Waals surface area contributed by atoms with Gasteiger partial charge in [0.1, 0.15) is 6.33 Å². The van der Waals surface area contributed by atoms with Crippen molar-refractivity contribution in [2.75, 3.05) is 0 Å². The van der Waals surface area contributed by atoms with Gasteiger partial charge in [0.25, 0.3) is 0 Å². The Kier molecular flexibility index (Phi) is 1.41. The van der Waals surface area contributed by atoms with Gasteiger partial charge in [-0.05, 0) is 12.8 Å². The summed E-state index contributed by atoms with van der Waals surface area (Å²) in [5, 5.41) is 7.31. The molecule has 0 aromatic carbocycles. The highest BCUT2D eigenvalue weighted by molar-refractivity contribution is 5.06. The normalized spacial score (nSPS) is 20.2. The Labute approximate surface area is 64.2 Å². The van der Waals surface area contributed by atoms with Crippen LogP contribution in [0.2, 0.25) is 0 Å². The minimum atomic E-state index is -0.956. The molecule has 0 amide bonds. The fourth-order valence-corrected chi connectivity index (χ4v) is 1.05. The van der Waals surface area contributed by atoms with Crippen molar-refractivity contribution in [3.63, 3.8) is 0 Å². The lowest BCUT2D eigenvalue weighted by Gasteiger charge is -2.03. The summed E-state index contributed by atoms with van der Waals surface area (Å²) in [5.41, 5.74) is 0. The van der Waals surface area contributed by atoms with Crippen LogP contribution in [-0.4, -0.2) is 14.8 Å². The van der Waals surface area contributed by atoms with Gasteiger partial charge in [0.05, 0.1) is 0 Å². The molecule has 1 fully saturated rings. The third-order valence-corrected chi connectivity index (χ3v) is 1.88. The molecule has 1 aromatic rings. The second-order valence-electron chi connectivity index (χ2n) is 2.84. The number of aromatic nitrogens is 3. The van der Waals surface area contributed by atoms with Crippen LogP contribution in [0.15, 0.2) is 6.33 Å². The van der Waals surface area contributed by atoms with Crippen LogP contribution in [0.4, 0.5) is 4.39 Å². The first-order valence-corrected chi connectivity index (χ1v) is 3.60. The largest absolute Gasteiger partial charge is 0.318 e. The van der Waals surface area contributed by atoms with E-state index in [0.29, 0.717) is 5.82 Å². The van der Waals surface area contributed by atoms with Crippen molar-refractivity contribution in [3.05, 3.63) is 18.6 Å². The molecule has 4 heteroatoms. The molecule has 2 rings (SSSR count). The third-order valence-electron chi connectivity index (χ3n) is 1.88. The lowest BCUT2D eigenvalue weighted by Crippen LogP contribution is -2.02. The van der Waals surface area contributed by atoms with Crippen molar-refractivity contribution in [1.29, 1.82) is 0 Å². The summed E-state index contributed by atoms with van der Waals surface area (Å²) in [6.45, 7) is 0. The molecule has 1 radical (unpaired) electrons. The number of rotatable bonds is 2. The van der Waals surface area contributed by atoms with Crippen LogP contribution < -0.4 is 0 Å². The van der Waals surface area contributed by atoms with Gasteiger partial charge in [0, 0.05) is 13.0 Å². The molecule has 59 valence electrons. The first kappa shape index (κ1) is 6.76. The summed E-state index contributed by atoms with van der Waals surface area (Å²) >= 11 is 0. The number of hydrogen-bond acceptors (Lipinski definition) is 2. The predicted molar refractivity (Wildman–Crippen MR) is 37.3 cm³/mol. The fourth-order valence-electron chi connectivity index (χ4n) is 1.05. The topological polar surface area (TPSA) is 30.7 Å². The van der Waals surface area contributed by atoms with Crippen molar-refractivity contribution in [2.24, 2.45) is 13.0 Å². The molecule has 0 aliphatic heterocycles. The van der Waals surface area contributed by atoms with Crippen molar-refractivity contribution in [3.8, 4) is 0 Å². The maximum Gasteiger partial charge on any atom is 0.167 e. The fraction of sp³-hybridized carbons (Fsp3) is 0.571. The van der Waals surface area contributed by atoms with E-state index in [2.05, 4.69) is 10.2 Å². The Morgan fingerprint density at radius 3 is 3.00 bits per heavy atom. The zero-order chi connectivity index (χ0) is 7.84. The highest BCUT2D eigenvalue weighted by Gasteiger charge is 2.35. The van der Waals surface area contributed by atoms with Crippen LogP contribution >= 0.6 is 0 Å². The zero-order valence-corrected chi connectivity index (χ0v) is 6.24. The monoisotopic (exact) mass is 154 g/mol. The van der Waals surface area contributed by atoms with E-state index < -0.39 is 6.17 Å². The Hall–Kier alpha value is -0.930. The minimum Gasteiger partial charge on any atom is -0.318 e. The van der Waals surface area contributed by atoms with Crippen molar-refractivity contribution >= 4 is 0 Å². The van der Waals surface area contributed by atoms with Gasteiger partial charge in [0.2, 0.25) is 0 Å². The van der Waals surface area contributed by atoms with Gasteiger partial charge in [0.15, 0.2) is 12.0 Å². The molecule has 0 N–H and O–H groups in total. The average molecular weight is 154 g/mol. The number of hydrogen-bond donors (Lipinski definition) is 0. The molecular weight excluding hydrogens is 145 g/mol. The van der Waals surface area contributed by atoms with Gasteiger partial charge >= 0.3 is 0 Å². The molecule has 0 spiro atoms. The van der Waals surface area contributed by atoms with Crippen LogP contribution in [0.3, 0.4) is 0 Å². The molecule has 0 saturated heterocycles. The molecule has 1 heterocycles. The standard InChI is InChI=1S/C7H9FN3/c1-11-4-9-10-7(11)6(8)5-2-3-5/h2,4-6H,3H2,1H3/t5-,6-/m1/s1. The molecule has 0 bridgehead atoms.